The summed E-state index contributed by atoms with van der Waals surface area (Å²) in [4.78, 5) is 4.44. The number of nitrogen functional groups attached to an aromatic ring is 1. The van der Waals surface area contributed by atoms with Gasteiger partial charge in [-0.15, -0.1) is 0 Å². The van der Waals surface area contributed by atoms with E-state index in [1.54, 1.807) is 0 Å². The van der Waals surface area contributed by atoms with E-state index < -0.39 is 0 Å². The molecule has 1 aromatic heterocycles. The Labute approximate surface area is 100 Å². The molecule has 0 radical (unpaired) electrons. The van der Waals surface area contributed by atoms with E-state index in [0.717, 1.165) is 23.4 Å². The normalized spacial score (nSPS) is 17.5. The fraction of sp³-hybridized carbons (Fsp3) is 0.462. The van der Waals surface area contributed by atoms with Crippen LogP contribution in [0.5, 0.6) is 0 Å². The fourth-order valence-electron chi connectivity index (χ4n) is 2.25. The van der Waals surface area contributed by atoms with E-state index >= 15 is 0 Å². The Bertz CT molecular complexity index is 569. The Morgan fingerprint density at radius 3 is 2.88 bits per heavy atom. The topological polar surface area (TPSA) is 64.1 Å². The van der Waals surface area contributed by atoms with Crippen molar-refractivity contribution < 1.29 is 5.11 Å². The van der Waals surface area contributed by atoms with E-state index in [2.05, 4.69) is 16.5 Å². The summed E-state index contributed by atoms with van der Waals surface area (Å²) in [5, 5.41) is 9.39. The molecule has 0 spiro atoms. The molecular weight excluding hydrogens is 214 g/mol. The summed E-state index contributed by atoms with van der Waals surface area (Å²) < 4.78 is 2.13. The van der Waals surface area contributed by atoms with Crippen LogP contribution in [0.15, 0.2) is 18.2 Å². The molecule has 4 heteroatoms. The Morgan fingerprint density at radius 1 is 1.47 bits per heavy atom. The zero-order valence-electron chi connectivity index (χ0n) is 9.98. The van der Waals surface area contributed by atoms with Gasteiger partial charge in [0.05, 0.1) is 11.0 Å². The van der Waals surface area contributed by atoms with Crippen molar-refractivity contribution in [3.63, 3.8) is 0 Å². The second kappa shape index (κ2) is 3.47. The predicted molar refractivity (Wildman–Crippen MR) is 67.4 cm³/mol. The van der Waals surface area contributed by atoms with Crippen molar-refractivity contribution >= 4 is 16.7 Å². The van der Waals surface area contributed by atoms with Crippen LogP contribution in [0.4, 0.5) is 5.69 Å². The van der Waals surface area contributed by atoms with E-state index in [1.165, 1.54) is 12.8 Å². The lowest BCUT2D eigenvalue weighted by atomic mass is 10.1. The maximum atomic E-state index is 9.39. The van der Waals surface area contributed by atoms with Gasteiger partial charge < -0.3 is 15.4 Å². The van der Waals surface area contributed by atoms with Crippen molar-refractivity contribution in [2.45, 2.75) is 32.9 Å². The standard InChI is InChI=1S/C13H17N3O/c1-13(4-5-13)8-16-11-3-2-9(14)6-10(11)15-12(16)7-17/h2-3,6,17H,4-5,7-8,14H2,1H3. The highest BCUT2D eigenvalue weighted by Crippen LogP contribution is 2.47. The first kappa shape index (κ1) is 10.6. The summed E-state index contributed by atoms with van der Waals surface area (Å²) in [5.74, 6) is 0.735. The van der Waals surface area contributed by atoms with E-state index in [1.807, 2.05) is 18.2 Å². The number of fused-ring (bicyclic) bond motifs is 1. The Morgan fingerprint density at radius 2 is 2.24 bits per heavy atom. The summed E-state index contributed by atoms with van der Waals surface area (Å²) in [6.07, 6.45) is 2.51. The van der Waals surface area contributed by atoms with Crippen molar-refractivity contribution in [3.05, 3.63) is 24.0 Å². The average Bonchev–Trinajstić information content (AvgIpc) is 2.92. The molecule has 3 N–H and O–H groups in total. The lowest BCUT2D eigenvalue weighted by molar-refractivity contribution is 0.262. The SMILES string of the molecule is CC1(Cn2c(CO)nc3cc(N)ccc32)CC1. The van der Waals surface area contributed by atoms with Crippen LogP contribution in [-0.2, 0) is 13.2 Å². The number of nitrogens with two attached hydrogens (primary N) is 1. The minimum absolute atomic E-state index is 0.0232. The molecule has 0 amide bonds. The van der Waals surface area contributed by atoms with Gasteiger partial charge in [-0.1, -0.05) is 6.92 Å². The molecule has 1 aliphatic carbocycles. The Kier molecular flexibility index (Phi) is 2.16. The number of aromatic nitrogens is 2. The minimum Gasteiger partial charge on any atom is -0.399 e. The van der Waals surface area contributed by atoms with Gasteiger partial charge in [0.1, 0.15) is 12.4 Å². The number of aliphatic hydroxyl groups excluding tert-OH is 1. The van der Waals surface area contributed by atoms with Crippen LogP contribution in [0.25, 0.3) is 11.0 Å². The number of aliphatic hydroxyl groups is 1. The molecule has 2 aromatic rings. The van der Waals surface area contributed by atoms with Crippen LogP contribution in [0, 0.1) is 5.41 Å². The molecule has 17 heavy (non-hydrogen) atoms. The number of imidazole rings is 1. The smallest absolute Gasteiger partial charge is 0.135 e. The first-order chi connectivity index (χ1) is 8.11. The van der Waals surface area contributed by atoms with E-state index in [9.17, 15) is 5.11 Å². The van der Waals surface area contributed by atoms with Gasteiger partial charge in [-0.2, -0.15) is 0 Å². The van der Waals surface area contributed by atoms with Crippen molar-refractivity contribution in [2.24, 2.45) is 5.41 Å². The zero-order valence-corrected chi connectivity index (χ0v) is 9.98. The lowest BCUT2D eigenvalue weighted by Crippen LogP contribution is -2.11. The van der Waals surface area contributed by atoms with Gasteiger partial charge in [-0.3, -0.25) is 0 Å². The molecule has 1 heterocycles. The summed E-state index contributed by atoms with van der Waals surface area (Å²) in [6.45, 7) is 3.19. The van der Waals surface area contributed by atoms with Crippen LogP contribution in [0.2, 0.25) is 0 Å². The van der Waals surface area contributed by atoms with E-state index in [4.69, 9.17) is 5.73 Å². The maximum Gasteiger partial charge on any atom is 0.135 e. The Balaban J connectivity index is 2.12. The molecule has 0 unspecified atom stereocenters. The van der Waals surface area contributed by atoms with Crippen LogP contribution >= 0.6 is 0 Å². The highest BCUT2D eigenvalue weighted by molar-refractivity contribution is 5.79. The summed E-state index contributed by atoms with van der Waals surface area (Å²) in [7, 11) is 0. The molecule has 90 valence electrons. The molecule has 0 aliphatic heterocycles. The number of hydrogen-bond acceptors (Lipinski definition) is 3. The molecule has 3 rings (SSSR count). The molecule has 0 bridgehead atoms. The quantitative estimate of drug-likeness (QED) is 0.793. The third-order valence-electron chi connectivity index (χ3n) is 3.64. The van der Waals surface area contributed by atoms with Gasteiger partial charge in [0.15, 0.2) is 0 Å². The van der Waals surface area contributed by atoms with Crippen LogP contribution in [-0.4, -0.2) is 14.7 Å². The molecule has 0 saturated heterocycles. The van der Waals surface area contributed by atoms with E-state index in [-0.39, 0.29) is 6.61 Å². The van der Waals surface area contributed by atoms with Gasteiger partial charge in [-0.25, -0.2) is 4.98 Å². The van der Waals surface area contributed by atoms with Crippen molar-refractivity contribution in [3.8, 4) is 0 Å². The van der Waals surface area contributed by atoms with Gasteiger partial charge in [-0.05, 0) is 36.5 Å². The second-order valence-electron chi connectivity index (χ2n) is 5.33. The maximum absolute atomic E-state index is 9.39. The largest absolute Gasteiger partial charge is 0.399 e. The highest BCUT2D eigenvalue weighted by atomic mass is 16.3. The fourth-order valence-corrected chi connectivity index (χ4v) is 2.25. The first-order valence-electron chi connectivity index (χ1n) is 5.97. The molecular formula is C13H17N3O. The summed E-state index contributed by atoms with van der Waals surface area (Å²) in [6, 6.07) is 5.74. The van der Waals surface area contributed by atoms with Crippen LogP contribution < -0.4 is 5.73 Å². The number of rotatable bonds is 3. The molecule has 1 aliphatic rings. The predicted octanol–water partition coefficient (Wildman–Crippen LogP) is 1.91. The van der Waals surface area contributed by atoms with E-state index in [0.29, 0.717) is 11.1 Å². The Hall–Kier alpha value is -1.55. The van der Waals surface area contributed by atoms with Crippen molar-refractivity contribution in [2.75, 3.05) is 5.73 Å². The average molecular weight is 231 g/mol. The highest BCUT2D eigenvalue weighted by Gasteiger charge is 2.38. The number of hydrogen-bond donors (Lipinski definition) is 2. The number of anilines is 1. The molecule has 4 nitrogen and oxygen atoms in total. The minimum atomic E-state index is -0.0232. The third-order valence-corrected chi connectivity index (χ3v) is 3.64. The van der Waals surface area contributed by atoms with Gasteiger partial charge in [0.2, 0.25) is 0 Å². The van der Waals surface area contributed by atoms with Gasteiger partial charge in [0, 0.05) is 12.2 Å². The summed E-state index contributed by atoms with van der Waals surface area (Å²) in [5.41, 5.74) is 8.79. The van der Waals surface area contributed by atoms with Gasteiger partial charge >= 0.3 is 0 Å². The van der Waals surface area contributed by atoms with Crippen LogP contribution in [0.3, 0.4) is 0 Å². The molecule has 1 fully saturated rings. The number of benzene rings is 1. The summed E-state index contributed by atoms with van der Waals surface area (Å²) >= 11 is 0. The third kappa shape index (κ3) is 1.78. The van der Waals surface area contributed by atoms with Crippen molar-refractivity contribution in [1.82, 2.24) is 9.55 Å². The first-order valence-corrected chi connectivity index (χ1v) is 5.97. The second-order valence-corrected chi connectivity index (χ2v) is 5.33. The molecule has 0 atom stereocenters. The zero-order chi connectivity index (χ0) is 12.0. The lowest BCUT2D eigenvalue weighted by Gasteiger charge is -2.12. The molecule has 1 aromatic carbocycles. The molecule has 1 saturated carbocycles. The van der Waals surface area contributed by atoms with Crippen molar-refractivity contribution in [1.29, 1.82) is 0 Å². The number of nitrogens with zero attached hydrogens (tertiary/aromatic N) is 2. The monoisotopic (exact) mass is 231 g/mol. The van der Waals surface area contributed by atoms with Crippen LogP contribution in [0.1, 0.15) is 25.6 Å². The van der Waals surface area contributed by atoms with Gasteiger partial charge in [0.25, 0.3) is 0 Å².